The molecule has 0 unspecified atom stereocenters. The van der Waals surface area contributed by atoms with Crippen LogP contribution in [-0.2, 0) is 4.79 Å². The normalized spacial score (nSPS) is 11.5. The van der Waals surface area contributed by atoms with E-state index in [1.807, 2.05) is 13.8 Å². The van der Waals surface area contributed by atoms with Gasteiger partial charge in [-0.1, -0.05) is 0 Å². The van der Waals surface area contributed by atoms with Gasteiger partial charge in [0.05, 0.1) is 6.54 Å². The third-order valence-electron chi connectivity index (χ3n) is 1.22. The molecule has 0 aliphatic rings. The number of carbonyl (C=O) groups is 1. The molecule has 0 saturated carbocycles. The molecule has 0 fully saturated rings. The van der Waals surface area contributed by atoms with Crippen molar-refractivity contribution < 1.29 is 4.79 Å². The number of amides is 1. The van der Waals surface area contributed by atoms with Crippen molar-refractivity contribution in [3.05, 3.63) is 0 Å². The van der Waals surface area contributed by atoms with Gasteiger partial charge in [0.25, 0.3) is 0 Å². The summed E-state index contributed by atoms with van der Waals surface area (Å²) in [7, 11) is 0. The highest BCUT2D eigenvalue weighted by molar-refractivity contribution is 5.79. The molecule has 0 atom stereocenters. The van der Waals surface area contributed by atoms with E-state index in [1.54, 1.807) is 0 Å². The minimum atomic E-state index is -0.0384. The van der Waals surface area contributed by atoms with Crippen LogP contribution in [0.1, 0.15) is 20.3 Å². The Balaban J connectivity index is 3.59. The van der Waals surface area contributed by atoms with Crippen LogP contribution in [0.15, 0.2) is 4.99 Å². The first-order valence-electron chi connectivity index (χ1n) is 4.12. The van der Waals surface area contributed by atoms with E-state index in [4.69, 9.17) is 11.6 Å². The lowest BCUT2D eigenvalue weighted by Gasteiger charge is -2.06. The van der Waals surface area contributed by atoms with Crippen molar-refractivity contribution in [2.24, 2.45) is 16.6 Å². The maximum absolute atomic E-state index is 11.1. The predicted octanol–water partition coefficient (Wildman–Crippen LogP) is -1.32. The average Bonchev–Trinajstić information content (AvgIpc) is 2.02. The monoisotopic (exact) mass is 187 g/mol. The first-order chi connectivity index (χ1) is 6.06. The Hall–Kier alpha value is -1.30. The SMILES string of the molecule is CC(C)NC(=O)CCN=C(N)NN. The van der Waals surface area contributed by atoms with E-state index in [0.29, 0.717) is 13.0 Å². The fourth-order valence-electron chi connectivity index (χ4n) is 0.718. The molecule has 76 valence electrons. The zero-order valence-electron chi connectivity index (χ0n) is 8.00. The Bertz CT molecular complexity index is 189. The van der Waals surface area contributed by atoms with Gasteiger partial charge >= 0.3 is 0 Å². The molecule has 6 nitrogen and oxygen atoms in total. The second-order valence-corrected chi connectivity index (χ2v) is 2.88. The van der Waals surface area contributed by atoms with Crippen LogP contribution in [0.25, 0.3) is 0 Å². The first kappa shape index (κ1) is 11.7. The van der Waals surface area contributed by atoms with Crippen molar-refractivity contribution in [1.29, 1.82) is 0 Å². The Morgan fingerprint density at radius 1 is 1.54 bits per heavy atom. The maximum atomic E-state index is 11.1. The lowest BCUT2D eigenvalue weighted by atomic mass is 10.3. The molecule has 1 amide bonds. The molecule has 0 rings (SSSR count). The van der Waals surface area contributed by atoms with Crippen LogP contribution in [0.2, 0.25) is 0 Å². The third kappa shape index (κ3) is 7.07. The van der Waals surface area contributed by atoms with Crippen LogP contribution in [0.3, 0.4) is 0 Å². The van der Waals surface area contributed by atoms with E-state index < -0.39 is 0 Å². The van der Waals surface area contributed by atoms with Crippen LogP contribution in [0, 0.1) is 0 Å². The summed E-state index contributed by atoms with van der Waals surface area (Å²) in [5.74, 6) is 5.06. The zero-order chi connectivity index (χ0) is 10.3. The molecular formula is C7H17N5O. The number of guanidine groups is 1. The van der Waals surface area contributed by atoms with Gasteiger partial charge in [0.1, 0.15) is 0 Å². The molecule has 0 aliphatic heterocycles. The Labute approximate surface area is 77.7 Å². The molecule has 0 aromatic heterocycles. The maximum Gasteiger partial charge on any atom is 0.222 e. The van der Waals surface area contributed by atoms with Crippen molar-refractivity contribution in [2.75, 3.05) is 6.54 Å². The number of hydrogen-bond donors (Lipinski definition) is 4. The quantitative estimate of drug-likeness (QED) is 0.189. The van der Waals surface area contributed by atoms with Gasteiger partial charge in [0.2, 0.25) is 11.9 Å². The van der Waals surface area contributed by atoms with Gasteiger partial charge in [0, 0.05) is 12.5 Å². The number of nitrogens with two attached hydrogens (primary N) is 2. The fourth-order valence-corrected chi connectivity index (χ4v) is 0.718. The number of hydrogen-bond acceptors (Lipinski definition) is 3. The first-order valence-corrected chi connectivity index (χ1v) is 4.12. The highest BCUT2D eigenvalue weighted by Gasteiger charge is 2.01. The number of nitrogens with one attached hydrogen (secondary N) is 2. The summed E-state index contributed by atoms with van der Waals surface area (Å²) in [4.78, 5) is 14.8. The highest BCUT2D eigenvalue weighted by atomic mass is 16.1. The van der Waals surface area contributed by atoms with Gasteiger partial charge in [-0.15, -0.1) is 0 Å². The Morgan fingerprint density at radius 2 is 2.15 bits per heavy atom. The van der Waals surface area contributed by atoms with Crippen LogP contribution < -0.4 is 22.3 Å². The molecule has 0 radical (unpaired) electrons. The summed E-state index contributed by atoms with van der Waals surface area (Å²) < 4.78 is 0. The molecule has 0 bridgehead atoms. The van der Waals surface area contributed by atoms with Gasteiger partial charge in [-0.2, -0.15) is 0 Å². The number of hydrazine groups is 1. The second-order valence-electron chi connectivity index (χ2n) is 2.88. The molecule has 0 aromatic carbocycles. The fraction of sp³-hybridized carbons (Fsp3) is 0.714. The number of nitrogens with zero attached hydrogens (tertiary/aromatic N) is 1. The van der Waals surface area contributed by atoms with E-state index in [9.17, 15) is 4.79 Å². The average molecular weight is 187 g/mol. The van der Waals surface area contributed by atoms with Gasteiger partial charge in [0.15, 0.2) is 0 Å². The van der Waals surface area contributed by atoms with Crippen molar-refractivity contribution in [1.82, 2.24) is 10.7 Å². The molecule has 0 heterocycles. The highest BCUT2D eigenvalue weighted by Crippen LogP contribution is 1.84. The van der Waals surface area contributed by atoms with E-state index in [2.05, 4.69) is 15.7 Å². The van der Waals surface area contributed by atoms with Crippen molar-refractivity contribution >= 4 is 11.9 Å². The summed E-state index contributed by atoms with van der Waals surface area (Å²) in [6, 6.07) is 0.154. The van der Waals surface area contributed by atoms with Crippen molar-refractivity contribution in [2.45, 2.75) is 26.3 Å². The summed E-state index contributed by atoms with van der Waals surface area (Å²) in [5, 5.41) is 2.73. The van der Waals surface area contributed by atoms with Gasteiger partial charge in [-0.25, -0.2) is 5.84 Å². The summed E-state index contributed by atoms with van der Waals surface area (Å²) >= 11 is 0. The summed E-state index contributed by atoms with van der Waals surface area (Å²) in [5.41, 5.74) is 7.42. The Morgan fingerprint density at radius 3 is 2.62 bits per heavy atom. The van der Waals surface area contributed by atoms with E-state index in [1.165, 1.54) is 0 Å². The van der Waals surface area contributed by atoms with Crippen LogP contribution in [0.5, 0.6) is 0 Å². The lowest BCUT2D eigenvalue weighted by Crippen LogP contribution is -2.37. The minimum absolute atomic E-state index is 0.0384. The van der Waals surface area contributed by atoms with Gasteiger partial charge in [-0.3, -0.25) is 15.2 Å². The van der Waals surface area contributed by atoms with Gasteiger partial charge < -0.3 is 11.1 Å². The molecule has 0 saturated heterocycles. The zero-order valence-corrected chi connectivity index (χ0v) is 8.00. The molecule has 0 aromatic rings. The third-order valence-corrected chi connectivity index (χ3v) is 1.22. The lowest BCUT2D eigenvalue weighted by molar-refractivity contribution is -0.121. The summed E-state index contributed by atoms with van der Waals surface area (Å²) in [6.07, 6.45) is 0.320. The molecule has 13 heavy (non-hydrogen) atoms. The Kier molecular flexibility index (Phi) is 5.62. The number of aliphatic imine (C=N–C) groups is 1. The predicted molar refractivity (Wildman–Crippen MR) is 51.7 cm³/mol. The van der Waals surface area contributed by atoms with E-state index in [-0.39, 0.29) is 17.9 Å². The molecule has 0 aliphatic carbocycles. The van der Waals surface area contributed by atoms with Crippen molar-refractivity contribution in [3.63, 3.8) is 0 Å². The van der Waals surface area contributed by atoms with E-state index in [0.717, 1.165) is 0 Å². The molecule has 6 N–H and O–H groups in total. The minimum Gasteiger partial charge on any atom is -0.369 e. The van der Waals surface area contributed by atoms with Crippen LogP contribution in [-0.4, -0.2) is 24.5 Å². The molecule has 0 spiro atoms. The van der Waals surface area contributed by atoms with Crippen molar-refractivity contribution in [3.8, 4) is 0 Å². The summed E-state index contributed by atoms with van der Waals surface area (Å²) in [6.45, 7) is 4.14. The smallest absolute Gasteiger partial charge is 0.222 e. The topological polar surface area (TPSA) is 106 Å². The molecular weight excluding hydrogens is 170 g/mol. The molecule has 6 heteroatoms. The second kappa shape index (κ2) is 6.24. The van der Waals surface area contributed by atoms with Gasteiger partial charge in [-0.05, 0) is 13.8 Å². The largest absolute Gasteiger partial charge is 0.369 e. The number of carbonyl (C=O) groups excluding carboxylic acids is 1. The van der Waals surface area contributed by atoms with E-state index >= 15 is 0 Å². The standard InChI is InChI=1S/C7H17N5O/c1-5(2)11-6(13)3-4-10-7(8)12-9/h5H,3-4,9H2,1-2H3,(H,11,13)(H3,8,10,12). The van der Waals surface area contributed by atoms with Crippen LogP contribution >= 0.6 is 0 Å². The van der Waals surface area contributed by atoms with Crippen LogP contribution in [0.4, 0.5) is 0 Å². The number of rotatable bonds is 4.